The van der Waals surface area contributed by atoms with E-state index in [9.17, 15) is 8.78 Å². The number of H-pyrrole nitrogens is 1. The van der Waals surface area contributed by atoms with Gasteiger partial charge >= 0.3 is 0 Å². The highest BCUT2D eigenvalue weighted by atomic mass is 19.1. The van der Waals surface area contributed by atoms with Crippen molar-refractivity contribution in [3.63, 3.8) is 0 Å². The van der Waals surface area contributed by atoms with Gasteiger partial charge in [0.2, 0.25) is 0 Å². The van der Waals surface area contributed by atoms with Crippen LogP contribution in [-0.2, 0) is 0 Å². The van der Waals surface area contributed by atoms with Gasteiger partial charge in [-0.1, -0.05) is 6.07 Å². The molecule has 1 atom stereocenters. The average molecular weight is 395 g/mol. The summed E-state index contributed by atoms with van der Waals surface area (Å²) in [6.07, 6.45) is 8.66. The average Bonchev–Trinajstić information content (AvgIpc) is 3.24. The van der Waals surface area contributed by atoms with Crippen molar-refractivity contribution in [1.82, 2.24) is 25.4 Å². The van der Waals surface area contributed by atoms with Crippen molar-refractivity contribution < 1.29 is 8.78 Å². The zero-order chi connectivity index (χ0) is 20.4. The van der Waals surface area contributed by atoms with Gasteiger partial charge in [-0.15, -0.1) is 0 Å². The molecular formula is C20H19F2N7. The van der Waals surface area contributed by atoms with Crippen LogP contribution in [0.4, 0.5) is 8.78 Å². The number of rotatable bonds is 4. The van der Waals surface area contributed by atoms with Crippen molar-refractivity contribution in [2.45, 2.75) is 25.2 Å². The van der Waals surface area contributed by atoms with Crippen LogP contribution in [0, 0.1) is 11.6 Å². The Bertz CT molecular complexity index is 1070. The second kappa shape index (κ2) is 7.78. The molecule has 7 nitrogen and oxygen atoms in total. The molecule has 1 aliphatic carbocycles. The predicted octanol–water partition coefficient (Wildman–Crippen LogP) is 3.02. The Kier molecular flexibility index (Phi) is 5.03. The Morgan fingerprint density at radius 3 is 2.66 bits per heavy atom. The Labute approximate surface area is 165 Å². The highest BCUT2D eigenvalue weighted by molar-refractivity contribution is 5.67. The molecule has 5 N–H and O–H groups in total. The van der Waals surface area contributed by atoms with Crippen LogP contribution in [0.25, 0.3) is 17.1 Å². The molecule has 0 amide bonds. The molecule has 0 radical (unpaired) electrons. The van der Waals surface area contributed by atoms with Gasteiger partial charge < -0.3 is 11.5 Å². The third-order valence-corrected chi connectivity index (χ3v) is 4.95. The second-order valence-corrected chi connectivity index (χ2v) is 6.81. The summed E-state index contributed by atoms with van der Waals surface area (Å²) in [7, 11) is 0. The zero-order valence-electron chi connectivity index (χ0n) is 15.4. The van der Waals surface area contributed by atoms with Gasteiger partial charge in [-0.25, -0.2) is 13.8 Å². The van der Waals surface area contributed by atoms with Crippen molar-refractivity contribution in [3.05, 3.63) is 77.0 Å². The first-order valence-corrected chi connectivity index (χ1v) is 9.12. The number of nitrogens with two attached hydrogens (primary N) is 2. The first kappa shape index (κ1) is 18.7. The zero-order valence-corrected chi connectivity index (χ0v) is 15.4. The maximum Gasteiger partial charge on any atom is 0.135 e. The molecule has 2 heterocycles. The van der Waals surface area contributed by atoms with Gasteiger partial charge in [0.15, 0.2) is 0 Å². The van der Waals surface area contributed by atoms with Crippen molar-refractivity contribution in [3.8, 4) is 11.4 Å². The lowest BCUT2D eigenvalue weighted by atomic mass is 9.84. The molecule has 0 saturated heterocycles. The fourth-order valence-electron chi connectivity index (χ4n) is 3.51. The van der Waals surface area contributed by atoms with Gasteiger partial charge in [0.1, 0.15) is 23.0 Å². The van der Waals surface area contributed by atoms with Gasteiger partial charge in [0.05, 0.1) is 23.7 Å². The number of nitrogens with one attached hydrogen (secondary N) is 1. The Balaban J connectivity index is 1.69. The van der Waals surface area contributed by atoms with Crippen molar-refractivity contribution in [1.29, 1.82) is 0 Å². The second-order valence-electron chi connectivity index (χ2n) is 6.81. The van der Waals surface area contributed by atoms with Crippen LogP contribution in [0.15, 0.2) is 54.1 Å². The molecule has 0 fully saturated rings. The molecular weight excluding hydrogens is 376 g/mol. The minimum absolute atomic E-state index is 0.00151. The molecule has 3 aromatic rings. The summed E-state index contributed by atoms with van der Waals surface area (Å²) in [5.74, 6) is -1.60. The highest BCUT2D eigenvalue weighted by Crippen LogP contribution is 2.35. The summed E-state index contributed by atoms with van der Waals surface area (Å²) in [5, 5.41) is 10.3. The van der Waals surface area contributed by atoms with Crippen LogP contribution in [-0.4, -0.2) is 25.4 Å². The lowest BCUT2D eigenvalue weighted by molar-refractivity contribution is 0.576. The third-order valence-electron chi connectivity index (χ3n) is 4.95. The summed E-state index contributed by atoms with van der Waals surface area (Å²) in [6.45, 7) is 0. The SMILES string of the molecule is NC1=C(/C=C(\N)c2c(F)cccc2F)CCCC1c1cncc(-c2cn[nH]n2)n1. The van der Waals surface area contributed by atoms with Crippen LogP contribution >= 0.6 is 0 Å². The number of hydrogen-bond acceptors (Lipinski definition) is 6. The van der Waals surface area contributed by atoms with Crippen LogP contribution in [0.3, 0.4) is 0 Å². The Hall–Kier alpha value is -3.62. The molecule has 2 aromatic heterocycles. The lowest BCUT2D eigenvalue weighted by Crippen LogP contribution is -2.19. The first-order chi connectivity index (χ1) is 14.0. The summed E-state index contributed by atoms with van der Waals surface area (Å²) in [4.78, 5) is 8.86. The van der Waals surface area contributed by atoms with Gasteiger partial charge in [0.25, 0.3) is 0 Å². The van der Waals surface area contributed by atoms with Crippen molar-refractivity contribution in [2.24, 2.45) is 11.5 Å². The molecule has 29 heavy (non-hydrogen) atoms. The molecule has 1 aromatic carbocycles. The van der Waals surface area contributed by atoms with E-state index in [4.69, 9.17) is 11.5 Å². The number of allylic oxidation sites excluding steroid dienone is 3. The summed E-state index contributed by atoms with van der Waals surface area (Å²) in [5.41, 5.74) is 15.4. The van der Waals surface area contributed by atoms with Crippen LogP contribution < -0.4 is 11.5 Å². The van der Waals surface area contributed by atoms with E-state index in [0.29, 0.717) is 29.2 Å². The first-order valence-electron chi connectivity index (χ1n) is 9.12. The summed E-state index contributed by atoms with van der Waals surface area (Å²) >= 11 is 0. The standard InChI is InChI=1S/C20H19F2N7/c21-13-5-2-6-14(22)19(13)15(23)7-11-3-1-4-12(20(11)24)16-8-25-9-17(27-16)18-10-26-29-28-18/h2,5-10,12H,1,3-4,23-24H2,(H,26,28,29)/b15-7-. The van der Waals surface area contributed by atoms with E-state index in [2.05, 4.69) is 25.4 Å². The van der Waals surface area contributed by atoms with Crippen LogP contribution in [0.5, 0.6) is 0 Å². The molecule has 0 spiro atoms. The molecule has 4 rings (SSSR count). The molecule has 148 valence electrons. The monoisotopic (exact) mass is 395 g/mol. The third kappa shape index (κ3) is 3.71. The quantitative estimate of drug-likeness (QED) is 0.625. The molecule has 0 bridgehead atoms. The minimum atomic E-state index is -0.712. The van der Waals surface area contributed by atoms with Gasteiger partial charge in [-0.05, 0) is 43.0 Å². The van der Waals surface area contributed by atoms with E-state index in [-0.39, 0.29) is 17.2 Å². The summed E-state index contributed by atoms with van der Waals surface area (Å²) < 4.78 is 28.1. The highest BCUT2D eigenvalue weighted by Gasteiger charge is 2.24. The number of benzene rings is 1. The maximum absolute atomic E-state index is 14.0. The predicted molar refractivity (Wildman–Crippen MR) is 104 cm³/mol. The van der Waals surface area contributed by atoms with E-state index in [0.717, 1.165) is 18.4 Å². The topological polar surface area (TPSA) is 119 Å². The van der Waals surface area contributed by atoms with Crippen LogP contribution in [0.1, 0.15) is 36.4 Å². The van der Waals surface area contributed by atoms with Gasteiger partial charge in [-0.2, -0.15) is 15.4 Å². The fraction of sp³-hybridized carbons (Fsp3) is 0.200. The normalized spacial score (nSPS) is 17.6. The molecule has 0 saturated carbocycles. The molecule has 1 unspecified atom stereocenters. The maximum atomic E-state index is 14.0. The smallest absolute Gasteiger partial charge is 0.135 e. The van der Waals surface area contributed by atoms with Gasteiger partial charge in [-0.3, -0.25) is 4.98 Å². The summed E-state index contributed by atoms with van der Waals surface area (Å²) in [6, 6.07) is 3.64. The lowest BCUT2D eigenvalue weighted by Gasteiger charge is -2.25. The van der Waals surface area contributed by atoms with E-state index < -0.39 is 11.6 Å². The largest absolute Gasteiger partial charge is 0.401 e. The minimum Gasteiger partial charge on any atom is -0.401 e. The molecule has 0 aliphatic heterocycles. The van der Waals surface area contributed by atoms with E-state index >= 15 is 0 Å². The Morgan fingerprint density at radius 1 is 1.14 bits per heavy atom. The van der Waals surface area contributed by atoms with E-state index in [1.807, 2.05) is 0 Å². The number of aromatic nitrogens is 5. The number of halogens is 2. The van der Waals surface area contributed by atoms with E-state index in [1.165, 1.54) is 18.2 Å². The number of hydrogen-bond donors (Lipinski definition) is 3. The molecule has 9 heteroatoms. The van der Waals surface area contributed by atoms with Gasteiger partial charge in [0, 0.05) is 23.5 Å². The van der Waals surface area contributed by atoms with Crippen LogP contribution in [0.2, 0.25) is 0 Å². The Morgan fingerprint density at radius 2 is 1.93 bits per heavy atom. The van der Waals surface area contributed by atoms with Crippen molar-refractivity contribution in [2.75, 3.05) is 0 Å². The van der Waals surface area contributed by atoms with Crippen molar-refractivity contribution >= 4 is 5.70 Å². The number of aromatic amines is 1. The van der Waals surface area contributed by atoms with E-state index in [1.54, 1.807) is 24.7 Å². The fourth-order valence-corrected chi connectivity index (χ4v) is 3.51. The molecule has 1 aliphatic rings. The number of nitrogens with zero attached hydrogens (tertiary/aromatic N) is 4.